The van der Waals surface area contributed by atoms with Crippen LogP contribution in [0.25, 0.3) is 11.8 Å². The Balaban J connectivity index is 1.43. The van der Waals surface area contributed by atoms with Gasteiger partial charge in [0.25, 0.3) is 5.69 Å². The number of nitro groups is 1. The molecule has 168 valence electrons. The Kier molecular flexibility index (Phi) is 5.95. The minimum Gasteiger partial charge on any atom is -0.454 e. The van der Waals surface area contributed by atoms with Crippen molar-refractivity contribution in [2.24, 2.45) is 0 Å². The number of carbonyl (C=O) groups is 2. The Hall–Kier alpha value is -4.40. The van der Waals surface area contributed by atoms with Crippen LogP contribution in [0.1, 0.15) is 27.3 Å². The van der Waals surface area contributed by atoms with Crippen molar-refractivity contribution in [3.05, 3.63) is 87.2 Å². The molecule has 0 fully saturated rings. The van der Waals surface area contributed by atoms with Crippen LogP contribution in [-0.2, 0) is 9.53 Å². The number of fused-ring (bicyclic) bond motifs is 1. The van der Waals surface area contributed by atoms with Crippen molar-refractivity contribution in [2.45, 2.75) is 13.8 Å². The Bertz CT molecular complexity index is 1290. The molecule has 0 spiro atoms. The van der Waals surface area contributed by atoms with Crippen LogP contribution in [0.4, 0.5) is 5.69 Å². The molecule has 9 heteroatoms. The van der Waals surface area contributed by atoms with Gasteiger partial charge in [-0.15, -0.1) is 0 Å². The molecule has 0 amide bonds. The molecule has 0 saturated carbocycles. The molecular formula is C24H20N2O7. The number of ketones is 1. The molecule has 0 bridgehead atoms. The summed E-state index contributed by atoms with van der Waals surface area (Å²) in [5, 5.41) is 10.8. The van der Waals surface area contributed by atoms with E-state index in [1.54, 1.807) is 12.1 Å². The maximum Gasteiger partial charge on any atom is 0.331 e. The number of non-ortho nitro benzene ring substituents is 1. The Morgan fingerprint density at radius 3 is 2.70 bits per heavy atom. The fourth-order valence-electron chi connectivity index (χ4n) is 3.64. The van der Waals surface area contributed by atoms with E-state index in [1.807, 2.05) is 36.6 Å². The number of nitro benzene ring substituents is 1. The largest absolute Gasteiger partial charge is 0.454 e. The van der Waals surface area contributed by atoms with E-state index in [0.717, 1.165) is 17.5 Å². The highest BCUT2D eigenvalue weighted by Crippen LogP contribution is 2.35. The molecule has 2 heterocycles. The molecule has 1 aromatic heterocycles. The van der Waals surface area contributed by atoms with E-state index in [4.69, 9.17) is 14.2 Å². The fourth-order valence-corrected chi connectivity index (χ4v) is 3.64. The van der Waals surface area contributed by atoms with Gasteiger partial charge in [-0.3, -0.25) is 14.9 Å². The summed E-state index contributed by atoms with van der Waals surface area (Å²) < 4.78 is 17.8. The zero-order valence-electron chi connectivity index (χ0n) is 17.9. The first-order chi connectivity index (χ1) is 15.8. The van der Waals surface area contributed by atoms with Crippen LogP contribution in [0.5, 0.6) is 11.5 Å². The maximum absolute atomic E-state index is 12.7. The second-order valence-electron chi connectivity index (χ2n) is 7.37. The molecule has 0 radical (unpaired) electrons. The highest BCUT2D eigenvalue weighted by molar-refractivity contribution is 6.00. The molecule has 1 aliphatic rings. The second kappa shape index (κ2) is 8.99. The molecule has 0 unspecified atom stereocenters. The van der Waals surface area contributed by atoms with Gasteiger partial charge in [0.2, 0.25) is 12.6 Å². The summed E-state index contributed by atoms with van der Waals surface area (Å²) >= 11 is 0. The van der Waals surface area contributed by atoms with Crippen LogP contribution < -0.4 is 9.47 Å². The van der Waals surface area contributed by atoms with Gasteiger partial charge in [-0.2, -0.15) is 0 Å². The molecule has 0 aliphatic carbocycles. The zero-order valence-corrected chi connectivity index (χ0v) is 17.9. The number of hydrogen-bond donors (Lipinski definition) is 0. The molecule has 33 heavy (non-hydrogen) atoms. The van der Waals surface area contributed by atoms with Gasteiger partial charge in [0, 0.05) is 46.9 Å². The number of esters is 1. The summed E-state index contributed by atoms with van der Waals surface area (Å²) in [6, 6.07) is 13.1. The Morgan fingerprint density at radius 1 is 1.12 bits per heavy atom. The van der Waals surface area contributed by atoms with Crippen LogP contribution in [0.3, 0.4) is 0 Å². The average molecular weight is 448 g/mol. The Morgan fingerprint density at radius 2 is 1.91 bits per heavy atom. The smallest absolute Gasteiger partial charge is 0.331 e. The van der Waals surface area contributed by atoms with Crippen molar-refractivity contribution < 1.29 is 28.7 Å². The SMILES string of the molecule is Cc1cc(C(=O)COC(=O)/C=C/c2cccc([N+](=O)[O-])c2)c(C)n1-c1ccc2c(c1)OCO2. The van der Waals surface area contributed by atoms with E-state index in [-0.39, 0.29) is 18.3 Å². The maximum atomic E-state index is 12.7. The third-order valence-electron chi connectivity index (χ3n) is 5.18. The van der Waals surface area contributed by atoms with E-state index in [9.17, 15) is 19.7 Å². The number of aryl methyl sites for hydroxylation is 1. The molecule has 1 aliphatic heterocycles. The standard InChI is InChI=1S/C24H20N2O7/c1-15-10-20(16(2)25(15)18-7-8-22-23(12-18)33-14-32-22)21(27)13-31-24(28)9-6-17-4-3-5-19(11-17)26(29)30/h3-12H,13-14H2,1-2H3/b9-6+. The van der Waals surface area contributed by atoms with Crippen molar-refractivity contribution >= 4 is 23.5 Å². The summed E-state index contributed by atoms with van der Waals surface area (Å²) in [6.45, 7) is 3.44. The fraction of sp³-hybridized carbons (Fsp3) is 0.167. The first-order valence-corrected chi connectivity index (χ1v) is 10.0. The molecule has 4 rings (SSSR count). The van der Waals surface area contributed by atoms with Crippen LogP contribution in [0, 0.1) is 24.0 Å². The van der Waals surface area contributed by atoms with E-state index in [1.165, 1.54) is 24.3 Å². The predicted molar refractivity (Wildman–Crippen MR) is 119 cm³/mol. The number of aromatic nitrogens is 1. The van der Waals surface area contributed by atoms with Gasteiger partial charge in [-0.05, 0) is 43.7 Å². The molecule has 2 aromatic carbocycles. The first-order valence-electron chi connectivity index (χ1n) is 10.0. The number of hydrogen-bond acceptors (Lipinski definition) is 7. The highest BCUT2D eigenvalue weighted by atomic mass is 16.7. The molecule has 0 atom stereocenters. The normalized spacial score (nSPS) is 12.2. The first kappa shape index (κ1) is 21.8. The van der Waals surface area contributed by atoms with E-state index >= 15 is 0 Å². The van der Waals surface area contributed by atoms with Crippen LogP contribution in [0.15, 0.2) is 54.6 Å². The van der Waals surface area contributed by atoms with E-state index < -0.39 is 17.5 Å². The number of nitrogens with zero attached hydrogens (tertiary/aromatic N) is 2. The number of carbonyl (C=O) groups excluding carboxylic acids is 2. The quantitative estimate of drug-likeness (QED) is 0.175. The lowest BCUT2D eigenvalue weighted by atomic mass is 10.1. The molecule has 9 nitrogen and oxygen atoms in total. The number of ether oxygens (including phenoxy) is 3. The third-order valence-corrected chi connectivity index (χ3v) is 5.18. The van der Waals surface area contributed by atoms with Crippen molar-refractivity contribution in [1.29, 1.82) is 0 Å². The van der Waals surface area contributed by atoms with Crippen LogP contribution in [-0.4, -0.2) is 34.6 Å². The van der Waals surface area contributed by atoms with Gasteiger partial charge in [0.1, 0.15) is 0 Å². The van der Waals surface area contributed by atoms with Crippen molar-refractivity contribution in [2.75, 3.05) is 13.4 Å². The summed E-state index contributed by atoms with van der Waals surface area (Å²) in [6.07, 6.45) is 2.52. The average Bonchev–Trinajstić information content (AvgIpc) is 3.39. The summed E-state index contributed by atoms with van der Waals surface area (Å²) in [4.78, 5) is 35.1. The van der Waals surface area contributed by atoms with E-state index in [2.05, 4.69) is 0 Å². The summed E-state index contributed by atoms with van der Waals surface area (Å²) in [5.41, 5.74) is 3.20. The summed E-state index contributed by atoms with van der Waals surface area (Å²) in [5.74, 6) is 0.242. The number of Topliss-reactive ketones (excluding diaryl/α,β-unsaturated/α-hetero) is 1. The number of benzene rings is 2. The molecule has 0 N–H and O–H groups in total. The minimum absolute atomic E-state index is 0.0847. The van der Waals surface area contributed by atoms with Gasteiger partial charge in [-0.25, -0.2) is 4.79 Å². The molecular weight excluding hydrogens is 428 g/mol. The minimum atomic E-state index is -0.723. The van der Waals surface area contributed by atoms with E-state index in [0.29, 0.717) is 28.3 Å². The van der Waals surface area contributed by atoms with Gasteiger partial charge >= 0.3 is 5.97 Å². The summed E-state index contributed by atoms with van der Waals surface area (Å²) in [7, 11) is 0. The monoisotopic (exact) mass is 448 g/mol. The lowest BCUT2D eigenvalue weighted by Gasteiger charge is -2.10. The van der Waals surface area contributed by atoms with Gasteiger partial charge < -0.3 is 18.8 Å². The van der Waals surface area contributed by atoms with Crippen LogP contribution >= 0.6 is 0 Å². The van der Waals surface area contributed by atoms with Crippen molar-refractivity contribution in [3.63, 3.8) is 0 Å². The molecule has 3 aromatic rings. The third kappa shape index (κ3) is 4.62. The molecule has 0 saturated heterocycles. The topological polar surface area (TPSA) is 110 Å². The van der Waals surface area contributed by atoms with Crippen molar-refractivity contribution in [1.82, 2.24) is 4.57 Å². The van der Waals surface area contributed by atoms with Crippen LogP contribution in [0.2, 0.25) is 0 Å². The second-order valence-corrected chi connectivity index (χ2v) is 7.37. The Labute approximate surface area is 189 Å². The van der Waals surface area contributed by atoms with Gasteiger partial charge in [0.15, 0.2) is 18.1 Å². The lowest BCUT2D eigenvalue weighted by Crippen LogP contribution is -2.13. The zero-order chi connectivity index (χ0) is 23.5. The van der Waals surface area contributed by atoms with Gasteiger partial charge in [-0.1, -0.05) is 12.1 Å². The lowest BCUT2D eigenvalue weighted by molar-refractivity contribution is -0.384. The van der Waals surface area contributed by atoms with Crippen molar-refractivity contribution in [3.8, 4) is 17.2 Å². The highest BCUT2D eigenvalue weighted by Gasteiger charge is 2.20. The number of rotatable bonds is 7. The predicted octanol–water partition coefficient (Wildman–Crippen LogP) is 4.17. The van der Waals surface area contributed by atoms with Gasteiger partial charge in [0.05, 0.1) is 4.92 Å².